The summed E-state index contributed by atoms with van der Waals surface area (Å²) < 4.78 is 0. The number of fused-ring (bicyclic) bond motifs is 1. The number of hydrogen-bond acceptors (Lipinski definition) is 3. The molecule has 130 valence electrons. The molecule has 0 saturated heterocycles. The van der Waals surface area contributed by atoms with Crippen molar-refractivity contribution in [1.29, 1.82) is 0 Å². The second kappa shape index (κ2) is 6.19. The van der Waals surface area contributed by atoms with E-state index in [9.17, 15) is 14.4 Å². The molecular weight excluding hydrogens is 304 g/mol. The van der Waals surface area contributed by atoms with Crippen molar-refractivity contribution >= 4 is 11.7 Å². The number of hydrogen-bond donors (Lipinski definition) is 2. The summed E-state index contributed by atoms with van der Waals surface area (Å²) in [5, 5.41) is 2.99. The molecule has 0 aromatic carbocycles. The number of Topliss-reactive ketones (excluding diaryl/α,β-unsaturated/α-hetero) is 1. The molecule has 24 heavy (non-hydrogen) atoms. The zero-order valence-corrected chi connectivity index (χ0v) is 14.7. The van der Waals surface area contributed by atoms with Gasteiger partial charge in [0.15, 0.2) is 5.78 Å². The smallest absolute Gasteiger partial charge is 0.261 e. The van der Waals surface area contributed by atoms with Crippen LogP contribution >= 0.6 is 0 Å². The number of nitrogens with one attached hydrogen (secondary N) is 2. The van der Waals surface area contributed by atoms with Crippen molar-refractivity contribution in [2.75, 3.05) is 0 Å². The highest BCUT2D eigenvalue weighted by atomic mass is 16.2. The Labute approximate surface area is 142 Å². The third-order valence-electron chi connectivity index (χ3n) is 5.39. The third-order valence-corrected chi connectivity index (χ3v) is 5.39. The zero-order chi connectivity index (χ0) is 17.5. The van der Waals surface area contributed by atoms with Crippen LogP contribution in [0.5, 0.6) is 0 Å². The van der Waals surface area contributed by atoms with Crippen LogP contribution in [-0.4, -0.2) is 22.7 Å². The first-order valence-corrected chi connectivity index (χ1v) is 8.87. The zero-order valence-electron chi connectivity index (χ0n) is 14.7. The lowest BCUT2D eigenvalue weighted by Gasteiger charge is -2.30. The maximum atomic E-state index is 12.6. The fourth-order valence-electron chi connectivity index (χ4n) is 3.97. The number of rotatable bonds is 2. The molecule has 0 spiro atoms. The molecule has 5 heteroatoms. The maximum absolute atomic E-state index is 12.6. The first kappa shape index (κ1) is 16.9. The van der Waals surface area contributed by atoms with Crippen molar-refractivity contribution < 1.29 is 9.59 Å². The highest BCUT2D eigenvalue weighted by molar-refractivity contribution is 6.02. The lowest BCUT2D eigenvalue weighted by atomic mass is 9.75. The number of ketones is 1. The van der Waals surface area contributed by atoms with Gasteiger partial charge in [0.25, 0.3) is 11.5 Å². The Kier molecular flexibility index (Phi) is 4.37. The Morgan fingerprint density at radius 3 is 2.62 bits per heavy atom. The molecule has 2 aliphatic carbocycles. The summed E-state index contributed by atoms with van der Waals surface area (Å²) in [5.74, 6) is 0.0508. The van der Waals surface area contributed by atoms with Gasteiger partial charge >= 0.3 is 0 Å². The summed E-state index contributed by atoms with van der Waals surface area (Å²) in [6.45, 7) is 6.15. The molecule has 1 aromatic heterocycles. The second-order valence-corrected chi connectivity index (χ2v) is 8.19. The molecule has 0 bridgehead atoms. The van der Waals surface area contributed by atoms with Crippen LogP contribution in [0.4, 0.5) is 0 Å². The van der Waals surface area contributed by atoms with Gasteiger partial charge in [-0.15, -0.1) is 0 Å². The van der Waals surface area contributed by atoms with Crippen LogP contribution in [0.2, 0.25) is 0 Å². The third kappa shape index (κ3) is 3.30. The van der Waals surface area contributed by atoms with Gasteiger partial charge < -0.3 is 10.3 Å². The lowest BCUT2D eigenvalue weighted by Crippen LogP contribution is -2.43. The Bertz CT molecular complexity index is 733. The van der Waals surface area contributed by atoms with E-state index < -0.39 is 5.56 Å². The van der Waals surface area contributed by atoms with E-state index in [1.165, 1.54) is 12.5 Å². The average Bonchev–Trinajstić information content (AvgIpc) is 2.47. The Balaban J connectivity index is 1.87. The summed E-state index contributed by atoms with van der Waals surface area (Å²) in [5.41, 5.74) is 0.647. The normalized spacial score (nSPS) is 25.9. The maximum Gasteiger partial charge on any atom is 0.261 e. The minimum Gasteiger partial charge on any atom is -0.349 e. The summed E-state index contributed by atoms with van der Waals surface area (Å²) in [7, 11) is 0. The predicted molar refractivity (Wildman–Crippen MR) is 92.4 cm³/mol. The lowest BCUT2D eigenvalue weighted by molar-refractivity contribution is 0.0907. The molecule has 1 aromatic rings. The van der Waals surface area contributed by atoms with Crippen LogP contribution in [0.3, 0.4) is 0 Å². The van der Waals surface area contributed by atoms with Crippen LogP contribution in [0.15, 0.2) is 10.9 Å². The van der Waals surface area contributed by atoms with Crippen LogP contribution in [0.1, 0.15) is 79.3 Å². The van der Waals surface area contributed by atoms with Gasteiger partial charge in [0.2, 0.25) is 0 Å². The molecule has 0 radical (unpaired) electrons. The molecule has 1 heterocycles. The monoisotopic (exact) mass is 330 g/mol. The molecule has 1 amide bonds. The van der Waals surface area contributed by atoms with E-state index in [-0.39, 0.29) is 28.7 Å². The summed E-state index contributed by atoms with van der Waals surface area (Å²) in [4.78, 5) is 40.1. The highest BCUT2D eigenvalue weighted by Crippen LogP contribution is 2.33. The van der Waals surface area contributed by atoms with Crippen molar-refractivity contribution in [3.8, 4) is 0 Å². The standard InChI is InChI=1S/C19H26N2O3/c1-11-6-4-5-7-14(11)20-17(23)13-8-12-15(21-18(13)24)9-19(2,3)10-16(12)22/h8,11,14H,4-7,9-10H2,1-3H3,(H,20,23)(H,21,24). The molecule has 1 fully saturated rings. The van der Waals surface area contributed by atoms with Crippen LogP contribution in [-0.2, 0) is 6.42 Å². The number of aromatic nitrogens is 1. The first-order valence-electron chi connectivity index (χ1n) is 8.87. The SMILES string of the molecule is CC1CCCCC1NC(=O)c1cc2c([nH]c1=O)CC(C)(C)CC2=O. The second-order valence-electron chi connectivity index (χ2n) is 8.19. The summed E-state index contributed by atoms with van der Waals surface area (Å²) >= 11 is 0. The number of amides is 1. The average molecular weight is 330 g/mol. The van der Waals surface area contributed by atoms with Gasteiger partial charge in [-0.25, -0.2) is 0 Å². The highest BCUT2D eigenvalue weighted by Gasteiger charge is 2.33. The number of carbonyl (C=O) groups excluding carboxylic acids is 2. The van der Waals surface area contributed by atoms with Gasteiger partial charge in [0.1, 0.15) is 5.56 Å². The van der Waals surface area contributed by atoms with E-state index in [1.54, 1.807) is 0 Å². The molecule has 2 unspecified atom stereocenters. The van der Waals surface area contributed by atoms with Crippen molar-refractivity contribution in [3.05, 3.63) is 33.2 Å². The fourth-order valence-corrected chi connectivity index (χ4v) is 3.97. The minimum absolute atomic E-state index is 0.00224. The molecule has 2 N–H and O–H groups in total. The summed E-state index contributed by atoms with van der Waals surface area (Å²) in [6, 6.07) is 1.60. The van der Waals surface area contributed by atoms with Gasteiger partial charge in [-0.05, 0) is 36.7 Å². The van der Waals surface area contributed by atoms with Crippen LogP contribution < -0.4 is 10.9 Å². The number of aromatic amines is 1. The number of pyridine rings is 1. The van der Waals surface area contributed by atoms with Crippen LogP contribution in [0, 0.1) is 11.3 Å². The van der Waals surface area contributed by atoms with Gasteiger partial charge in [-0.1, -0.05) is 33.6 Å². The predicted octanol–water partition coefficient (Wildman–Crippen LogP) is 2.84. The van der Waals surface area contributed by atoms with Crippen molar-refractivity contribution in [3.63, 3.8) is 0 Å². The van der Waals surface area contributed by atoms with Gasteiger partial charge in [0.05, 0.1) is 0 Å². The van der Waals surface area contributed by atoms with Crippen molar-refractivity contribution in [2.24, 2.45) is 11.3 Å². The number of H-pyrrole nitrogens is 1. The molecular formula is C19H26N2O3. The van der Waals surface area contributed by atoms with E-state index in [0.717, 1.165) is 19.3 Å². The Morgan fingerprint density at radius 2 is 1.92 bits per heavy atom. The Hall–Kier alpha value is -1.91. The number of carbonyl (C=O) groups is 2. The van der Waals surface area contributed by atoms with E-state index in [4.69, 9.17) is 0 Å². The molecule has 2 aliphatic rings. The first-order chi connectivity index (χ1) is 11.3. The van der Waals surface area contributed by atoms with Gasteiger partial charge in [-0.3, -0.25) is 14.4 Å². The largest absolute Gasteiger partial charge is 0.349 e. The van der Waals surface area contributed by atoms with Crippen LogP contribution in [0.25, 0.3) is 0 Å². The fraction of sp³-hybridized carbons (Fsp3) is 0.632. The Morgan fingerprint density at radius 1 is 1.21 bits per heavy atom. The molecule has 2 atom stereocenters. The van der Waals surface area contributed by atoms with E-state index in [0.29, 0.717) is 30.0 Å². The molecule has 3 rings (SSSR count). The van der Waals surface area contributed by atoms with Crippen molar-refractivity contribution in [2.45, 2.75) is 65.3 Å². The minimum atomic E-state index is -0.403. The van der Waals surface area contributed by atoms with E-state index >= 15 is 0 Å². The topological polar surface area (TPSA) is 79.0 Å². The molecule has 1 saturated carbocycles. The van der Waals surface area contributed by atoms with E-state index in [1.807, 2.05) is 13.8 Å². The summed E-state index contributed by atoms with van der Waals surface area (Å²) in [6.07, 6.45) is 5.42. The van der Waals surface area contributed by atoms with Gasteiger partial charge in [-0.2, -0.15) is 0 Å². The molecule has 0 aliphatic heterocycles. The quantitative estimate of drug-likeness (QED) is 0.875. The van der Waals surface area contributed by atoms with Crippen molar-refractivity contribution in [1.82, 2.24) is 10.3 Å². The molecule has 5 nitrogen and oxygen atoms in total. The van der Waals surface area contributed by atoms with E-state index in [2.05, 4.69) is 17.2 Å². The van der Waals surface area contributed by atoms with Gasteiger partial charge in [0, 0.05) is 23.7 Å².